The zero-order valence-corrected chi connectivity index (χ0v) is 16.0. The summed E-state index contributed by atoms with van der Waals surface area (Å²) in [5, 5.41) is 3.90. The summed E-state index contributed by atoms with van der Waals surface area (Å²) < 4.78 is 5.45. The summed E-state index contributed by atoms with van der Waals surface area (Å²) in [7, 11) is 0. The molecule has 0 aliphatic carbocycles. The van der Waals surface area contributed by atoms with Crippen LogP contribution >= 0.6 is 0 Å². The lowest BCUT2D eigenvalue weighted by molar-refractivity contribution is 0.0940. The van der Waals surface area contributed by atoms with Gasteiger partial charge >= 0.3 is 0 Å². The van der Waals surface area contributed by atoms with Crippen LogP contribution in [0.1, 0.15) is 28.7 Å². The van der Waals surface area contributed by atoms with Gasteiger partial charge in [0.25, 0.3) is 5.91 Å². The van der Waals surface area contributed by atoms with E-state index in [1.165, 1.54) is 5.56 Å². The predicted molar refractivity (Wildman–Crippen MR) is 110 cm³/mol. The molecular formula is C22H24N4O2. The molecule has 144 valence electrons. The van der Waals surface area contributed by atoms with Crippen LogP contribution in [-0.2, 0) is 17.7 Å². The van der Waals surface area contributed by atoms with Gasteiger partial charge in [-0.15, -0.1) is 0 Å². The molecule has 28 heavy (non-hydrogen) atoms. The normalized spacial score (nSPS) is 14.2. The van der Waals surface area contributed by atoms with Crippen LogP contribution < -0.4 is 10.2 Å². The van der Waals surface area contributed by atoms with Gasteiger partial charge < -0.3 is 15.0 Å². The fourth-order valence-electron chi connectivity index (χ4n) is 3.33. The molecular weight excluding hydrogens is 352 g/mol. The highest BCUT2D eigenvalue weighted by molar-refractivity contribution is 5.96. The molecule has 0 saturated carbocycles. The summed E-state index contributed by atoms with van der Waals surface area (Å²) in [5.41, 5.74) is 3.11. The molecule has 1 N–H and O–H groups in total. The Morgan fingerprint density at radius 3 is 2.50 bits per heavy atom. The molecule has 2 aromatic carbocycles. The number of hydrogen-bond donors (Lipinski definition) is 1. The number of carbonyl (C=O) groups excluding carboxylic acids is 1. The first kappa shape index (κ1) is 18.4. The second-order valence-electron chi connectivity index (χ2n) is 6.84. The van der Waals surface area contributed by atoms with E-state index in [4.69, 9.17) is 4.74 Å². The Morgan fingerprint density at radius 2 is 1.75 bits per heavy atom. The van der Waals surface area contributed by atoms with Gasteiger partial charge in [0, 0.05) is 25.0 Å². The van der Waals surface area contributed by atoms with Crippen molar-refractivity contribution < 1.29 is 9.53 Å². The van der Waals surface area contributed by atoms with Gasteiger partial charge in [0.05, 0.1) is 18.7 Å². The second-order valence-corrected chi connectivity index (χ2v) is 6.84. The molecule has 3 aromatic rings. The average molecular weight is 376 g/mol. The number of morpholine rings is 1. The lowest BCUT2D eigenvalue weighted by atomic mass is 10.1. The first-order chi connectivity index (χ1) is 13.7. The van der Waals surface area contributed by atoms with Crippen LogP contribution in [0, 0.1) is 0 Å². The number of hydrogen-bond acceptors (Lipinski definition) is 5. The topological polar surface area (TPSA) is 67.4 Å². The van der Waals surface area contributed by atoms with E-state index in [9.17, 15) is 4.79 Å². The Kier molecular flexibility index (Phi) is 5.48. The Bertz CT molecular complexity index is 966. The van der Waals surface area contributed by atoms with Crippen molar-refractivity contribution in [3.8, 4) is 0 Å². The summed E-state index contributed by atoms with van der Waals surface area (Å²) in [4.78, 5) is 24.0. The minimum Gasteiger partial charge on any atom is -0.378 e. The number of anilines is 1. The molecule has 1 aromatic heterocycles. The molecule has 4 rings (SSSR count). The molecule has 0 atom stereocenters. The first-order valence-corrected chi connectivity index (χ1v) is 9.70. The lowest BCUT2D eigenvalue weighted by Crippen LogP contribution is -2.37. The number of ether oxygens (including phenoxy) is 1. The first-order valence-electron chi connectivity index (χ1n) is 9.70. The van der Waals surface area contributed by atoms with Gasteiger partial charge in [-0.2, -0.15) is 0 Å². The number of nitrogens with one attached hydrogen (secondary N) is 1. The maximum Gasteiger partial charge on any atom is 0.289 e. The molecule has 0 spiro atoms. The molecule has 0 bridgehead atoms. The highest BCUT2D eigenvalue weighted by atomic mass is 16.5. The number of aromatic nitrogens is 2. The molecule has 0 unspecified atom stereocenters. The molecule has 6 heteroatoms. The highest BCUT2D eigenvalue weighted by Gasteiger charge is 2.19. The van der Waals surface area contributed by atoms with Gasteiger partial charge in [0.2, 0.25) is 5.82 Å². The van der Waals surface area contributed by atoms with Crippen molar-refractivity contribution >= 4 is 22.6 Å². The number of amides is 1. The maximum atomic E-state index is 12.7. The third kappa shape index (κ3) is 3.97. The molecule has 0 radical (unpaired) electrons. The number of para-hydroxylation sites is 1. The summed E-state index contributed by atoms with van der Waals surface area (Å²) in [6, 6.07) is 16.1. The largest absolute Gasteiger partial charge is 0.378 e. The van der Waals surface area contributed by atoms with Crippen molar-refractivity contribution in [1.82, 2.24) is 15.3 Å². The standard InChI is InChI=1S/C22H24N4O2/c1-2-16-7-9-17(10-8-16)15-23-22(27)20-24-19-6-4-3-5-18(19)21(25-20)26-11-13-28-14-12-26/h3-10H,2,11-15H2,1H3,(H,23,27). The van der Waals surface area contributed by atoms with Gasteiger partial charge in [-0.3, -0.25) is 4.79 Å². The Balaban J connectivity index is 1.57. The number of aryl methyl sites for hydroxylation is 1. The summed E-state index contributed by atoms with van der Waals surface area (Å²) in [6.07, 6.45) is 1.00. The van der Waals surface area contributed by atoms with Crippen molar-refractivity contribution in [2.75, 3.05) is 31.2 Å². The maximum absolute atomic E-state index is 12.7. The van der Waals surface area contributed by atoms with E-state index in [1.54, 1.807) is 0 Å². The number of fused-ring (bicyclic) bond motifs is 1. The van der Waals surface area contributed by atoms with Crippen LogP contribution in [-0.4, -0.2) is 42.2 Å². The minimum atomic E-state index is -0.264. The van der Waals surface area contributed by atoms with Crippen molar-refractivity contribution in [2.24, 2.45) is 0 Å². The van der Waals surface area contributed by atoms with Crippen LogP contribution in [0.2, 0.25) is 0 Å². The van der Waals surface area contributed by atoms with Crippen LogP contribution in [0.15, 0.2) is 48.5 Å². The zero-order chi connectivity index (χ0) is 19.3. The Morgan fingerprint density at radius 1 is 1.04 bits per heavy atom. The Labute approximate surface area is 164 Å². The lowest BCUT2D eigenvalue weighted by Gasteiger charge is -2.28. The highest BCUT2D eigenvalue weighted by Crippen LogP contribution is 2.24. The van der Waals surface area contributed by atoms with Gasteiger partial charge in [0.1, 0.15) is 5.82 Å². The van der Waals surface area contributed by atoms with E-state index in [1.807, 2.05) is 36.4 Å². The van der Waals surface area contributed by atoms with Crippen LogP contribution in [0.4, 0.5) is 5.82 Å². The van der Waals surface area contributed by atoms with Crippen molar-refractivity contribution in [3.05, 3.63) is 65.5 Å². The van der Waals surface area contributed by atoms with Crippen LogP contribution in [0.3, 0.4) is 0 Å². The van der Waals surface area contributed by atoms with E-state index in [-0.39, 0.29) is 11.7 Å². The van der Waals surface area contributed by atoms with Gasteiger partial charge in [0.15, 0.2) is 0 Å². The zero-order valence-electron chi connectivity index (χ0n) is 16.0. The van der Waals surface area contributed by atoms with Crippen molar-refractivity contribution in [3.63, 3.8) is 0 Å². The summed E-state index contributed by atoms with van der Waals surface area (Å²) in [6.45, 7) is 5.41. The third-order valence-electron chi connectivity index (χ3n) is 4.98. The van der Waals surface area contributed by atoms with Crippen molar-refractivity contribution in [2.45, 2.75) is 19.9 Å². The quantitative estimate of drug-likeness (QED) is 0.742. The SMILES string of the molecule is CCc1ccc(CNC(=O)c2nc(N3CCOCC3)c3ccccc3n2)cc1. The van der Waals surface area contributed by atoms with E-state index >= 15 is 0 Å². The van der Waals surface area contributed by atoms with Crippen LogP contribution in [0.25, 0.3) is 10.9 Å². The fraction of sp³-hybridized carbons (Fsp3) is 0.318. The summed E-state index contributed by atoms with van der Waals surface area (Å²) >= 11 is 0. The van der Waals surface area contributed by atoms with Gasteiger partial charge in [-0.05, 0) is 29.7 Å². The molecule has 1 amide bonds. The van der Waals surface area contributed by atoms with Gasteiger partial charge in [-0.25, -0.2) is 9.97 Å². The van der Waals surface area contributed by atoms with E-state index < -0.39 is 0 Å². The molecule has 1 aliphatic heterocycles. The monoisotopic (exact) mass is 376 g/mol. The predicted octanol–water partition coefficient (Wildman–Crippen LogP) is 2.96. The molecule has 1 fully saturated rings. The number of nitrogens with zero attached hydrogens (tertiary/aromatic N) is 3. The Hall–Kier alpha value is -2.99. The van der Waals surface area contributed by atoms with E-state index in [0.29, 0.717) is 19.8 Å². The second kappa shape index (κ2) is 8.35. The number of carbonyl (C=O) groups is 1. The summed E-state index contributed by atoms with van der Waals surface area (Å²) in [5.74, 6) is 0.733. The van der Waals surface area contributed by atoms with Crippen molar-refractivity contribution in [1.29, 1.82) is 0 Å². The number of benzene rings is 2. The third-order valence-corrected chi connectivity index (χ3v) is 4.98. The van der Waals surface area contributed by atoms with E-state index in [2.05, 4.69) is 39.2 Å². The molecule has 6 nitrogen and oxygen atoms in total. The molecule has 2 heterocycles. The number of rotatable bonds is 5. The van der Waals surface area contributed by atoms with E-state index in [0.717, 1.165) is 41.8 Å². The van der Waals surface area contributed by atoms with Gasteiger partial charge in [-0.1, -0.05) is 43.3 Å². The minimum absolute atomic E-state index is 0.199. The average Bonchev–Trinajstić information content (AvgIpc) is 2.77. The molecule has 1 saturated heterocycles. The molecule has 1 aliphatic rings. The smallest absolute Gasteiger partial charge is 0.289 e. The van der Waals surface area contributed by atoms with Crippen LogP contribution in [0.5, 0.6) is 0 Å². The fourth-order valence-corrected chi connectivity index (χ4v) is 3.33.